The number of nitrogens with one attached hydrogen (secondary N) is 1. The minimum Gasteiger partial charge on any atom is -0.322 e. The van der Waals surface area contributed by atoms with Crippen molar-refractivity contribution in [2.24, 2.45) is 0 Å². The summed E-state index contributed by atoms with van der Waals surface area (Å²) in [6, 6.07) is 22.6. The lowest BCUT2D eigenvalue weighted by molar-refractivity contribution is -0.384. The van der Waals surface area contributed by atoms with Crippen molar-refractivity contribution in [3.8, 4) is 0 Å². The minimum absolute atomic E-state index is 0.0245. The normalized spacial score (nSPS) is 11.1. The molecule has 0 unspecified atom stereocenters. The van der Waals surface area contributed by atoms with E-state index in [9.17, 15) is 14.9 Å². The molecule has 0 saturated carbocycles. The summed E-state index contributed by atoms with van der Waals surface area (Å²) in [6.45, 7) is 0. The van der Waals surface area contributed by atoms with Crippen LogP contribution >= 0.6 is 15.9 Å². The second-order valence-electron chi connectivity index (χ2n) is 5.74. The Balaban J connectivity index is 2.00. The van der Waals surface area contributed by atoms with Crippen LogP contribution in [0, 0.1) is 10.1 Å². The second kappa shape index (κ2) is 8.42. The number of non-ortho nitro benzene ring substituents is 1. The zero-order valence-electron chi connectivity index (χ0n) is 14.1. The molecule has 134 valence electrons. The van der Waals surface area contributed by atoms with Gasteiger partial charge >= 0.3 is 0 Å². The van der Waals surface area contributed by atoms with Gasteiger partial charge in [-0.25, -0.2) is 0 Å². The van der Waals surface area contributed by atoms with E-state index in [-0.39, 0.29) is 11.6 Å². The average Bonchev–Trinajstić information content (AvgIpc) is 2.67. The Kier molecular flexibility index (Phi) is 5.78. The van der Waals surface area contributed by atoms with Crippen molar-refractivity contribution in [2.45, 2.75) is 0 Å². The van der Waals surface area contributed by atoms with Gasteiger partial charge in [-0.15, -0.1) is 0 Å². The largest absolute Gasteiger partial charge is 0.322 e. The number of hydrogen-bond donors (Lipinski definition) is 1. The van der Waals surface area contributed by atoms with E-state index in [0.717, 1.165) is 10.0 Å². The van der Waals surface area contributed by atoms with Crippen LogP contribution in [0.4, 0.5) is 11.4 Å². The third kappa shape index (κ3) is 4.89. The highest BCUT2D eigenvalue weighted by molar-refractivity contribution is 9.10. The molecule has 27 heavy (non-hydrogen) atoms. The van der Waals surface area contributed by atoms with Gasteiger partial charge in [-0.2, -0.15) is 0 Å². The SMILES string of the molecule is O=C(Nc1cccc(Br)c1)/C(=C/c1cccc([N+](=O)[O-])c1)c1ccccc1. The zero-order chi connectivity index (χ0) is 19.2. The lowest BCUT2D eigenvalue weighted by atomic mass is 10.0. The Morgan fingerprint density at radius 1 is 0.963 bits per heavy atom. The number of benzene rings is 3. The van der Waals surface area contributed by atoms with E-state index in [2.05, 4.69) is 21.2 Å². The molecular formula is C21H15BrN2O3. The lowest BCUT2D eigenvalue weighted by Crippen LogP contribution is -2.13. The fourth-order valence-corrected chi connectivity index (χ4v) is 2.96. The number of halogens is 1. The molecule has 3 aromatic rings. The maximum atomic E-state index is 12.9. The van der Waals surface area contributed by atoms with Crippen LogP contribution in [0.5, 0.6) is 0 Å². The first-order chi connectivity index (χ1) is 13.0. The summed E-state index contributed by atoms with van der Waals surface area (Å²) < 4.78 is 0.851. The predicted octanol–water partition coefficient (Wildman–Crippen LogP) is 5.54. The van der Waals surface area contributed by atoms with Gasteiger partial charge in [-0.3, -0.25) is 14.9 Å². The highest BCUT2D eigenvalue weighted by atomic mass is 79.9. The Morgan fingerprint density at radius 3 is 2.41 bits per heavy atom. The number of nitro groups is 1. The molecule has 0 aliphatic rings. The Bertz CT molecular complexity index is 1020. The molecule has 0 atom stereocenters. The van der Waals surface area contributed by atoms with Gasteiger partial charge in [0.25, 0.3) is 11.6 Å². The topological polar surface area (TPSA) is 72.2 Å². The summed E-state index contributed by atoms with van der Waals surface area (Å²) in [4.78, 5) is 23.5. The van der Waals surface area contributed by atoms with Crippen molar-refractivity contribution in [1.29, 1.82) is 0 Å². The van der Waals surface area contributed by atoms with Crippen molar-refractivity contribution in [1.82, 2.24) is 0 Å². The number of carbonyl (C=O) groups is 1. The van der Waals surface area contributed by atoms with Gasteiger partial charge in [0, 0.05) is 27.9 Å². The molecule has 0 spiro atoms. The van der Waals surface area contributed by atoms with Crippen LogP contribution < -0.4 is 5.32 Å². The van der Waals surface area contributed by atoms with E-state index in [1.165, 1.54) is 12.1 Å². The van der Waals surface area contributed by atoms with Crippen molar-refractivity contribution >= 4 is 44.9 Å². The summed E-state index contributed by atoms with van der Waals surface area (Å²) in [5, 5.41) is 13.9. The van der Waals surface area contributed by atoms with Gasteiger partial charge in [0.05, 0.1) is 4.92 Å². The lowest BCUT2D eigenvalue weighted by Gasteiger charge is -2.10. The number of carbonyl (C=O) groups excluding carboxylic acids is 1. The highest BCUT2D eigenvalue weighted by Gasteiger charge is 2.14. The molecule has 6 heteroatoms. The maximum Gasteiger partial charge on any atom is 0.270 e. The van der Waals surface area contributed by atoms with Crippen LogP contribution in [0.3, 0.4) is 0 Å². The first-order valence-corrected chi connectivity index (χ1v) is 8.91. The first kappa shape index (κ1) is 18.5. The quantitative estimate of drug-likeness (QED) is 0.254. The van der Waals surface area contributed by atoms with E-state index in [4.69, 9.17) is 0 Å². The minimum atomic E-state index is -0.457. The third-order valence-corrected chi connectivity index (χ3v) is 4.30. The number of anilines is 1. The highest BCUT2D eigenvalue weighted by Crippen LogP contribution is 2.23. The van der Waals surface area contributed by atoms with Crippen LogP contribution in [-0.4, -0.2) is 10.8 Å². The molecule has 0 aliphatic carbocycles. The van der Waals surface area contributed by atoms with Crippen molar-refractivity contribution in [3.63, 3.8) is 0 Å². The monoisotopic (exact) mass is 422 g/mol. The molecule has 0 fully saturated rings. The van der Waals surface area contributed by atoms with E-state index >= 15 is 0 Å². The molecule has 0 saturated heterocycles. The molecule has 0 aromatic heterocycles. The summed E-state index contributed by atoms with van der Waals surface area (Å²) in [5.74, 6) is -0.300. The second-order valence-corrected chi connectivity index (χ2v) is 6.66. The number of rotatable bonds is 5. The zero-order valence-corrected chi connectivity index (χ0v) is 15.7. The fourth-order valence-electron chi connectivity index (χ4n) is 2.56. The predicted molar refractivity (Wildman–Crippen MR) is 110 cm³/mol. The van der Waals surface area contributed by atoms with Crippen LogP contribution in [0.25, 0.3) is 11.6 Å². The van der Waals surface area contributed by atoms with Gasteiger partial charge in [0.2, 0.25) is 0 Å². The third-order valence-electron chi connectivity index (χ3n) is 3.80. The van der Waals surface area contributed by atoms with Crippen molar-refractivity contribution in [3.05, 3.63) is 105 Å². The van der Waals surface area contributed by atoms with Gasteiger partial charge in [0.1, 0.15) is 0 Å². The molecule has 1 amide bonds. The number of hydrogen-bond acceptors (Lipinski definition) is 3. The van der Waals surface area contributed by atoms with Gasteiger partial charge in [-0.1, -0.05) is 64.5 Å². The van der Waals surface area contributed by atoms with Crippen molar-refractivity contribution in [2.75, 3.05) is 5.32 Å². The number of amides is 1. The molecule has 0 radical (unpaired) electrons. The van der Waals surface area contributed by atoms with Gasteiger partial charge in [-0.05, 0) is 35.4 Å². The first-order valence-electron chi connectivity index (χ1n) is 8.11. The molecule has 1 N–H and O–H groups in total. The van der Waals surface area contributed by atoms with E-state index in [1.54, 1.807) is 30.3 Å². The molecule has 0 heterocycles. The number of nitrogens with zero attached hydrogens (tertiary/aromatic N) is 1. The Morgan fingerprint density at radius 2 is 1.70 bits per heavy atom. The van der Waals surface area contributed by atoms with Crippen LogP contribution in [-0.2, 0) is 4.79 Å². The van der Waals surface area contributed by atoms with Crippen LogP contribution in [0.1, 0.15) is 11.1 Å². The summed E-state index contributed by atoms with van der Waals surface area (Å²) in [6.07, 6.45) is 1.65. The smallest absolute Gasteiger partial charge is 0.270 e. The van der Waals surface area contributed by atoms with Crippen LogP contribution in [0.2, 0.25) is 0 Å². The summed E-state index contributed by atoms with van der Waals surface area (Å²) in [7, 11) is 0. The fraction of sp³-hybridized carbons (Fsp3) is 0. The molecule has 5 nitrogen and oxygen atoms in total. The van der Waals surface area contributed by atoms with E-state index in [1.807, 2.05) is 42.5 Å². The van der Waals surface area contributed by atoms with Gasteiger partial charge in [0.15, 0.2) is 0 Å². The molecule has 0 aliphatic heterocycles. The number of nitro benzene ring substituents is 1. The van der Waals surface area contributed by atoms with E-state index in [0.29, 0.717) is 16.8 Å². The molecule has 3 aromatic carbocycles. The average molecular weight is 423 g/mol. The van der Waals surface area contributed by atoms with Crippen molar-refractivity contribution < 1.29 is 9.72 Å². The maximum absolute atomic E-state index is 12.9. The standard InChI is InChI=1S/C21H15BrN2O3/c22-17-9-5-10-18(14-17)23-21(25)20(16-7-2-1-3-8-16)13-15-6-4-11-19(12-15)24(26)27/h1-14H,(H,23,25)/b20-13+. The summed E-state index contributed by atoms with van der Waals surface area (Å²) in [5.41, 5.74) is 2.33. The molecule has 0 bridgehead atoms. The Hall–Kier alpha value is -3.25. The van der Waals surface area contributed by atoms with E-state index < -0.39 is 4.92 Å². The Labute approximate surface area is 164 Å². The van der Waals surface area contributed by atoms with Crippen LogP contribution in [0.15, 0.2) is 83.3 Å². The molecule has 3 rings (SSSR count). The molecular weight excluding hydrogens is 408 g/mol. The van der Waals surface area contributed by atoms with Gasteiger partial charge < -0.3 is 5.32 Å². The summed E-state index contributed by atoms with van der Waals surface area (Å²) >= 11 is 3.38.